The molecule has 3 aromatic carbocycles. The van der Waals surface area contributed by atoms with E-state index in [9.17, 15) is 4.79 Å². The van der Waals surface area contributed by atoms with E-state index in [4.69, 9.17) is 9.97 Å². The van der Waals surface area contributed by atoms with Crippen LogP contribution in [0.1, 0.15) is 72.8 Å². The van der Waals surface area contributed by atoms with Crippen LogP contribution < -0.4 is 10.2 Å². The smallest absolute Gasteiger partial charge is 0.255 e. The van der Waals surface area contributed by atoms with Gasteiger partial charge in [0, 0.05) is 24.7 Å². The van der Waals surface area contributed by atoms with Crippen molar-refractivity contribution in [3.63, 3.8) is 0 Å². The fraction of sp³-hybridized carbons (Fsp3) is 0.344. The van der Waals surface area contributed by atoms with Crippen molar-refractivity contribution in [3.05, 3.63) is 101 Å². The van der Waals surface area contributed by atoms with Crippen LogP contribution in [0, 0.1) is 5.92 Å². The third kappa shape index (κ3) is 4.48. The highest BCUT2D eigenvalue weighted by atomic mass is 16.1. The lowest BCUT2D eigenvalue weighted by Crippen LogP contribution is -2.35. The predicted octanol–water partition coefficient (Wildman–Crippen LogP) is 6.44. The Balaban J connectivity index is 1.36. The van der Waals surface area contributed by atoms with Crippen LogP contribution >= 0.6 is 0 Å². The molecule has 0 unspecified atom stereocenters. The summed E-state index contributed by atoms with van der Waals surface area (Å²) in [7, 11) is 0. The van der Waals surface area contributed by atoms with Crippen LogP contribution in [0.2, 0.25) is 0 Å². The molecule has 2 fully saturated rings. The summed E-state index contributed by atoms with van der Waals surface area (Å²) < 4.78 is 0. The molecule has 0 spiro atoms. The Kier molecular flexibility index (Phi) is 6.15. The van der Waals surface area contributed by atoms with Crippen molar-refractivity contribution in [2.45, 2.75) is 51.0 Å². The summed E-state index contributed by atoms with van der Waals surface area (Å²) in [5.74, 6) is 1.37. The van der Waals surface area contributed by atoms with Gasteiger partial charge in [-0.2, -0.15) is 0 Å². The summed E-state index contributed by atoms with van der Waals surface area (Å²) >= 11 is 0. The number of rotatable bonds is 6. The van der Waals surface area contributed by atoms with Crippen LogP contribution in [-0.4, -0.2) is 29.0 Å². The third-order valence-corrected chi connectivity index (χ3v) is 8.25. The Morgan fingerprint density at radius 2 is 1.68 bits per heavy atom. The van der Waals surface area contributed by atoms with E-state index in [0.717, 1.165) is 67.3 Å². The van der Waals surface area contributed by atoms with Gasteiger partial charge in [0.2, 0.25) is 5.95 Å². The average molecular weight is 491 g/mol. The molecule has 1 aliphatic carbocycles. The molecule has 0 radical (unpaired) electrons. The Hall–Kier alpha value is -3.73. The second-order valence-electron chi connectivity index (χ2n) is 10.8. The van der Waals surface area contributed by atoms with Crippen LogP contribution in [0.3, 0.4) is 0 Å². The maximum Gasteiger partial charge on any atom is 0.255 e. The minimum atomic E-state index is -0.225. The number of nitrogens with one attached hydrogen (secondary N) is 1. The van der Waals surface area contributed by atoms with Gasteiger partial charge in [-0.05, 0) is 60.4 Å². The molecule has 4 aromatic rings. The first-order valence-corrected chi connectivity index (χ1v) is 13.5. The summed E-state index contributed by atoms with van der Waals surface area (Å²) in [5, 5.41) is 5.60. The van der Waals surface area contributed by atoms with Crippen molar-refractivity contribution in [1.29, 1.82) is 0 Å². The van der Waals surface area contributed by atoms with E-state index in [-0.39, 0.29) is 17.4 Å². The van der Waals surface area contributed by atoms with Crippen LogP contribution in [0.15, 0.2) is 79.0 Å². The fourth-order valence-electron chi connectivity index (χ4n) is 5.79. The van der Waals surface area contributed by atoms with Gasteiger partial charge >= 0.3 is 0 Å². The zero-order chi connectivity index (χ0) is 25.4. The Morgan fingerprint density at radius 3 is 2.43 bits per heavy atom. The molecule has 1 aromatic heterocycles. The molecule has 1 N–H and O–H groups in total. The highest BCUT2D eigenvalue weighted by Crippen LogP contribution is 2.54. The SMILES string of the molecule is CC1CCN(c2ncc(C(=O)N[C@H](C)c3cccc4ccccc34)c(C3(c4ccccc4)CC3)n2)CC1. The second-order valence-corrected chi connectivity index (χ2v) is 10.8. The first kappa shape index (κ1) is 23.7. The first-order chi connectivity index (χ1) is 18.0. The van der Waals surface area contributed by atoms with E-state index in [1.807, 2.05) is 25.1 Å². The van der Waals surface area contributed by atoms with Crippen LogP contribution in [-0.2, 0) is 5.41 Å². The van der Waals surface area contributed by atoms with E-state index < -0.39 is 0 Å². The van der Waals surface area contributed by atoms with Crippen LogP contribution in [0.5, 0.6) is 0 Å². The second kappa shape index (κ2) is 9.62. The van der Waals surface area contributed by atoms with Gasteiger partial charge in [-0.15, -0.1) is 0 Å². The number of hydrogen-bond acceptors (Lipinski definition) is 4. The molecule has 5 nitrogen and oxygen atoms in total. The lowest BCUT2D eigenvalue weighted by atomic mass is 9.89. The lowest BCUT2D eigenvalue weighted by Gasteiger charge is -2.31. The van der Waals surface area contributed by atoms with Gasteiger partial charge in [0.05, 0.1) is 17.3 Å². The third-order valence-electron chi connectivity index (χ3n) is 8.25. The standard InChI is InChI=1S/C32H34N4O/c1-22-15-19-36(20-16-22)31-33-21-28(29(35-31)32(17-18-32)25-11-4-3-5-12-25)30(37)34-23(2)26-14-8-10-24-9-6-7-13-27(24)26/h3-14,21-23H,15-20H2,1-2H3,(H,34,37)/t23-/m1/s1. The maximum atomic E-state index is 13.8. The number of amides is 1. The normalized spacial score (nSPS) is 17.9. The Labute approximate surface area is 219 Å². The number of fused-ring (bicyclic) bond motifs is 1. The molecule has 37 heavy (non-hydrogen) atoms. The largest absolute Gasteiger partial charge is 0.345 e. The quantitative estimate of drug-likeness (QED) is 0.338. The molecule has 1 amide bonds. The van der Waals surface area contributed by atoms with Gasteiger partial charge in [0.25, 0.3) is 5.91 Å². The van der Waals surface area contributed by atoms with Gasteiger partial charge in [0.1, 0.15) is 0 Å². The summed E-state index contributed by atoms with van der Waals surface area (Å²) in [4.78, 5) is 26.0. The molecule has 6 rings (SSSR count). The van der Waals surface area contributed by atoms with E-state index in [1.165, 1.54) is 10.9 Å². The Bertz CT molecular complexity index is 1420. The number of nitrogens with zero attached hydrogens (tertiary/aromatic N) is 3. The van der Waals surface area contributed by atoms with Crippen LogP contribution in [0.4, 0.5) is 5.95 Å². The summed E-state index contributed by atoms with van der Waals surface area (Å²) in [6.45, 7) is 6.28. The molecule has 0 bridgehead atoms. The van der Waals surface area contributed by atoms with E-state index in [0.29, 0.717) is 5.56 Å². The average Bonchev–Trinajstić information content (AvgIpc) is 3.75. The van der Waals surface area contributed by atoms with Crippen molar-refractivity contribution < 1.29 is 4.79 Å². The molecular weight excluding hydrogens is 456 g/mol. The molecule has 1 aliphatic heterocycles. The highest BCUT2D eigenvalue weighted by Gasteiger charge is 2.49. The number of carbonyl (C=O) groups is 1. The van der Waals surface area contributed by atoms with Gasteiger partial charge in [-0.1, -0.05) is 79.7 Å². The van der Waals surface area contributed by atoms with Crippen molar-refractivity contribution in [2.24, 2.45) is 5.92 Å². The van der Waals surface area contributed by atoms with E-state index in [1.54, 1.807) is 6.20 Å². The Morgan fingerprint density at radius 1 is 0.973 bits per heavy atom. The number of aromatic nitrogens is 2. The fourth-order valence-corrected chi connectivity index (χ4v) is 5.79. The monoisotopic (exact) mass is 490 g/mol. The summed E-state index contributed by atoms with van der Waals surface area (Å²) in [6, 6.07) is 24.9. The molecular formula is C32H34N4O. The van der Waals surface area contributed by atoms with E-state index >= 15 is 0 Å². The van der Waals surface area contributed by atoms with Gasteiger partial charge < -0.3 is 10.2 Å². The number of hydrogen-bond donors (Lipinski definition) is 1. The topological polar surface area (TPSA) is 58.1 Å². The van der Waals surface area contributed by atoms with Gasteiger partial charge in [-0.25, -0.2) is 9.97 Å². The minimum Gasteiger partial charge on any atom is -0.345 e. The molecule has 188 valence electrons. The zero-order valence-electron chi connectivity index (χ0n) is 21.7. The molecule has 2 aliphatic rings. The maximum absolute atomic E-state index is 13.8. The first-order valence-electron chi connectivity index (χ1n) is 13.5. The van der Waals surface area contributed by atoms with Gasteiger partial charge in [0.15, 0.2) is 0 Å². The number of benzene rings is 3. The van der Waals surface area contributed by atoms with Crippen molar-refractivity contribution in [2.75, 3.05) is 18.0 Å². The molecule has 1 atom stereocenters. The molecule has 1 saturated heterocycles. The highest BCUT2D eigenvalue weighted by molar-refractivity contribution is 5.96. The summed E-state index contributed by atoms with van der Waals surface area (Å²) in [5.41, 5.74) is 3.56. The van der Waals surface area contributed by atoms with E-state index in [2.05, 4.69) is 71.7 Å². The lowest BCUT2D eigenvalue weighted by molar-refractivity contribution is 0.0937. The minimum absolute atomic E-state index is 0.114. The molecule has 2 heterocycles. The zero-order valence-corrected chi connectivity index (χ0v) is 21.7. The van der Waals surface area contributed by atoms with Crippen molar-refractivity contribution in [3.8, 4) is 0 Å². The molecule has 1 saturated carbocycles. The van der Waals surface area contributed by atoms with Crippen LogP contribution in [0.25, 0.3) is 10.8 Å². The number of piperidine rings is 1. The summed E-state index contributed by atoms with van der Waals surface area (Å²) in [6.07, 6.45) is 6.04. The number of anilines is 1. The van der Waals surface area contributed by atoms with Crippen molar-refractivity contribution in [1.82, 2.24) is 15.3 Å². The van der Waals surface area contributed by atoms with Gasteiger partial charge in [-0.3, -0.25) is 4.79 Å². The molecule has 5 heteroatoms. The number of carbonyl (C=O) groups excluding carboxylic acids is 1. The predicted molar refractivity (Wildman–Crippen MR) is 149 cm³/mol. The van der Waals surface area contributed by atoms with Crippen molar-refractivity contribution >= 4 is 22.6 Å².